The second kappa shape index (κ2) is 6.72. The first-order valence-corrected chi connectivity index (χ1v) is 8.24. The molecule has 0 bridgehead atoms. The van der Waals surface area contributed by atoms with Crippen LogP contribution in [0.2, 0.25) is 0 Å². The molecule has 0 saturated carbocycles. The van der Waals surface area contributed by atoms with Crippen molar-refractivity contribution in [1.82, 2.24) is 0 Å². The Bertz CT molecular complexity index is 1610. The zero-order chi connectivity index (χ0) is 25.9. The molecule has 134 valence electrons. The van der Waals surface area contributed by atoms with Gasteiger partial charge in [0, 0.05) is 29.1 Å². The van der Waals surface area contributed by atoms with E-state index in [2.05, 4.69) is 4.99 Å². The van der Waals surface area contributed by atoms with Crippen molar-refractivity contribution in [3.63, 3.8) is 0 Å². The number of rotatable bonds is 3. The normalized spacial score (nSPS) is 16.1. The third-order valence-electron chi connectivity index (χ3n) is 3.98. The highest BCUT2D eigenvalue weighted by Crippen LogP contribution is 2.41. The molecule has 2 aromatic carbocycles. The molecule has 4 rings (SSSR count). The second-order valence-electron chi connectivity index (χ2n) is 5.81. The number of carboxylic acid groups (broad SMARTS) is 1. The first-order chi connectivity index (χ1) is 16.4. The van der Waals surface area contributed by atoms with Crippen molar-refractivity contribution >= 4 is 16.9 Å². The van der Waals surface area contributed by atoms with Gasteiger partial charge < -0.3 is 9.52 Å². The first-order valence-electron chi connectivity index (χ1n) is 12.2. The van der Waals surface area contributed by atoms with Crippen LogP contribution in [0.25, 0.3) is 33.4 Å². The third kappa shape index (κ3) is 2.99. The minimum Gasteiger partial charge on any atom is -0.478 e. The fourth-order valence-corrected chi connectivity index (χ4v) is 2.86. The van der Waals surface area contributed by atoms with Crippen LogP contribution in [0.3, 0.4) is 0 Å². The van der Waals surface area contributed by atoms with Gasteiger partial charge in [-0.3, -0.25) is 4.99 Å². The molecule has 0 amide bonds. The van der Waals surface area contributed by atoms with Crippen LogP contribution < -0.4 is 5.36 Å². The predicted octanol–water partition coefficient (Wildman–Crippen LogP) is 5.13. The lowest BCUT2D eigenvalue weighted by Gasteiger charge is -2.17. The van der Waals surface area contributed by atoms with Crippen LogP contribution in [0.15, 0.2) is 69.9 Å². The van der Waals surface area contributed by atoms with Gasteiger partial charge in [-0.1, -0.05) is 30.2 Å². The molecule has 0 saturated heterocycles. The summed E-state index contributed by atoms with van der Waals surface area (Å²) in [4.78, 5) is 16.4. The van der Waals surface area contributed by atoms with Gasteiger partial charge in [-0.15, -0.1) is 0 Å². The summed E-state index contributed by atoms with van der Waals surface area (Å²) in [6, 6.07) is -1.08. The molecule has 2 aromatic rings. The monoisotopic (exact) mass is 365 g/mol. The van der Waals surface area contributed by atoms with Gasteiger partial charge in [0.15, 0.2) is 0 Å². The Balaban J connectivity index is 2.45. The smallest absolute Gasteiger partial charge is 0.336 e. The summed E-state index contributed by atoms with van der Waals surface area (Å²) in [6.07, 6.45) is 0. The third-order valence-corrected chi connectivity index (χ3v) is 3.98. The van der Waals surface area contributed by atoms with E-state index in [-0.39, 0.29) is 57.4 Å². The molecule has 1 aliphatic heterocycles. The van der Waals surface area contributed by atoms with Crippen LogP contribution in [0.1, 0.15) is 33.8 Å². The number of nitrogens with zero attached hydrogens (tertiary/aromatic N) is 1. The molecule has 2 aliphatic rings. The van der Waals surface area contributed by atoms with E-state index in [4.69, 9.17) is 15.4 Å². The SMILES string of the molecule is [2H]c1c/c(=N\CC)c([2H])c2oc3c([2H])c(C)cc([2H])c3c(-c3c([2H])c([2H])c([2H])c([2H])c3C(=O)O)c1-2. The maximum Gasteiger partial charge on any atom is 0.336 e. The van der Waals surface area contributed by atoms with Gasteiger partial charge >= 0.3 is 5.97 Å². The highest BCUT2D eigenvalue weighted by atomic mass is 16.4. The van der Waals surface area contributed by atoms with Gasteiger partial charge in [0.25, 0.3) is 0 Å². The second-order valence-corrected chi connectivity index (χ2v) is 5.81. The number of hydrogen-bond donors (Lipinski definition) is 1. The number of carbonyl (C=O) groups is 1. The minimum atomic E-state index is -1.63. The summed E-state index contributed by atoms with van der Waals surface area (Å²) < 4.78 is 73.1. The number of benzene rings is 3. The van der Waals surface area contributed by atoms with Crippen molar-refractivity contribution < 1.29 is 25.3 Å². The van der Waals surface area contributed by atoms with Crippen LogP contribution in [0.4, 0.5) is 0 Å². The molecule has 0 aromatic heterocycles. The van der Waals surface area contributed by atoms with Gasteiger partial charge in [-0.25, -0.2) is 4.79 Å². The Morgan fingerprint density at radius 1 is 1.15 bits per heavy atom. The molecule has 1 aliphatic carbocycles. The number of aromatic carboxylic acids is 1. The molecule has 27 heavy (non-hydrogen) atoms. The van der Waals surface area contributed by atoms with E-state index in [0.29, 0.717) is 12.1 Å². The zero-order valence-corrected chi connectivity index (χ0v) is 14.6. The standard InChI is InChI=1S/C23H19NO3/c1-3-24-15-9-11-19-21(13-15)27-20-12-14(2)8-10-18(20)22(19)16-6-4-5-7-17(16)23(25)26/h4-13H,3H2,1-2H3,(H,25,26)/b24-15+/i4D,5D,6D,7D,10D,11D,12D,13D. The van der Waals surface area contributed by atoms with Crippen molar-refractivity contribution in [3.8, 4) is 22.5 Å². The number of fused-ring (bicyclic) bond motifs is 2. The van der Waals surface area contributed by atoms with E-state index in [0.717, 1.165) is 0 Å². The molecule has 0 fully saturated rings. The Morgan fingerprint density at radius 2 is 1.96 bits per heavy atom. The van der Waals surface area contributed by atoms with E-state index in [1.54, 1.807) is 13.8 Å². The van der Waals surface area contributed by atoms with E-state index < -0.39 is 41.3 Å². The van der Waals surface area contributed by atoms with Crippen molar-refractivity contribution in [3.05, 3.63) is 77.0 Å². The maximum absolute atomic E-state index is 12.2. The van der Waals surface area contributed by atoms with E-state index >= 15 is 0 Å². The van der Waals surface area contributed by atoms with Crippen molar-refractivity contribution in [2.24, 2.45) is 4.99 Å². The van der Waals surface area contributed by atoms with Crippen molar-refractivity contribution in [2.45, 2.75) is 13.8 Å². The molecule has 0 unspecified atom stereocenters. The number of carboxylic acids is 1. The average molecular weight is 365 g/mol. The van der Waals surface area contributed by atoms with E-state index in [9.17, 15) is 9.90 Å². The number of aryl methyl sites for hydroxylation is 1. The van der Waals surface area contributed by atoms with E-state index in [1.807, 2.05) is 0 Å². The van der Waals surface area contributed by atoms with E-state index in [1.165, 1.54) is 12.1 Å². The molecule has 1 N–H and O–H groups in total. The Kier molecular flexibility index (Phi) is 2.51. The Labute approximate surface area is 168 Å². The van der Waals surface area contributed by atoms with Crippen molar-refractivity contribution in [2.75, 3.05) is 6.54 Å². The first kappa shape index (κ1) is 10.1. The van der Waals surface area contributed by atoms with Gasteiger partial charge in [-0.2, -0.15) is 0 Å². The van der Waals surface area contributed by atoms with Crippen LogP contribution in [0, 0.1) is 6.92 Å². The lowest BCUT2D eigenvalue weighted by Crippen LogP contribution is -2.05. The quantitative estimate of drug-likeness (QED) is 0.512. The molecule has 4 heteroatoms. The zero-order valence-electron chi connectivity index (χ0n) is 22.6. The van der Waals surface area contributed by atoms with Crippen LogP contribution in [-0.4, -0.2) is 17.6 Å². The Hall–Kier alpha value is -3.40. The van der Waals surface area contributed by atoms with Crippen LogP contribution >= 0.6 is 0 Å². The van der Waals surface area contributed by atoms with Gasteiger partial charge in [0.2, 0.25) is 0 Å². The molecular formula is C23H19NO3. The highest BCUT2D eigenvalue weighted by Gasteiger charge is 2.20. The Morgan fingerprint density at radius 3 is 2.74 bits per heavy atom. The molecule has 0 radical (unpaired) electrons. The predicted molar refractivity (Wildman–Crippen MR) is 106 cm³/mol. The van der Waals surface area contributed by atoms with Crippen LogP contribution in [0.5, 0.6) is 0 Å². The molecule has 0 spiro atoms. The van der Waals surface area contributed by atoms with Gasteiger partial charge in [0.1, 0.15) is 11.3 Å². The maximum atomic E-state index is 12.2. The largest absolute Gasteiger partial charge is 0.478 e. The summed E-state index contributed by atoms with van der Waals surface area (Å²) in [6.45, 7) is 3.64. The van der Waals surface area contributed by atoms with Crippen molar-refractivity contribution in [1.29, 1.82) is 0 Å². The summed E-state index contributed by atoms with van der Waals surface area (Å²) in [5, 5.41) is 9.99. The summed E-state index contributed by atoms with van der Waals surface area (Å²) in [5.74, 6) is -1.83. The van der Waals surface area contributed by atoms with Gasteiger partial charge in [0.05, 0.1) is 21.9 Å². The summed E-state index contributed by atoms with van der Waals surface area (Å²) in [7, 11) is 0. The molecule has 1 heterocycles. The number of hydrogen-bond acceptors (Lipinski definition) is 3. The average Bonchev–Trinajstić information content (AvgIpc) is 2.80. The fourth-order valence-electron chi connectivity index (χ4n) is 2.86. The molecule has 4 nitrogen and oxygen atoms in total. The minimum absolute atomic E-state index is 0.0892. The molecular weight excluding hydrogens is 338 g/mol. The van der Waals surface area contributed by atoms with Gasteiger partial charge in [-0.05, 0) is 49.2 Å². The molecule has 0 atom stereocenters. The van der Waals surface area contributed by atoms with Crippen LogP contribution in [-0.2, 0) is 0 Å². The highest BCUT2D eigenvalue weighted by molar-refractivity contribution is 6.07. The summed E-state index contributed by atoms with van der Waals surface area (Å²) in [5.41, 5.74) is -1.27. The topological polar surface area (TPSA) is 62.8 Å². The lowest BCUT2D eigenvalue weighted by molar-refractivity contribution is 0.0697. The summed E-state index contributed by atoms with van der Waals surface area (Å²) >= 11 is 0. The lowest BCUT2D eigenvalue weighted by atomic mass is 9.90. The fraction of sp³-hybridized carbons (Fsp3) is 0.130.